The second-order valence-electron chi connectivity index (χ2n) is 4.76. The number of hydrogen-bond acceptors (Lipinski definition) is 4. The summed E-state index contributed by atoms with van der Waals surface area (Å²) in [6.07, 6.45) is 2.85. The Kier molecular flexibility index (Phi) is 6.07. The molecule has 6 nitrogen and oxygen atoms in total. The Bertz CT molecular complexity index is 292. The summed E-state index contributed by atoms with van der Waals surface area (Å²) < 4.78 is 5.04. The number of carboxylic acid groups (broad SMARTS) is 1. The lowest BCUT2D eigenvalue weighted by Crippen LogP contribution is -2.41. The summed E-state index contributed by atoms with van der Waals surface area (Å²) in [7, 11) is 1.52. The summed E-state index contributed by atoms with van der Waals surface area (Å²) in [5.41, 5.74) is 5.44. The van der Waals surface area contributed by atoms with Crippen molar-refractivity contribution in [2.45, 2.75) is 44.2 Å². The summed E-state index contributed by atoms with van der Waals surface area (Å²) in [4.78, 5) is 22.6. The normalized spacial score (nSPS) is 25.4. The van der Waals surface area contributed by atoms with E-state index in [9.17, 15) is 9.59 Å². The van der Waals surface area contributed by atoms with E-state index >= 15 is 0 Å². The molecule has 1 saturated carbocycles. The van der Waals surface area contributed by atoms with Crippen LogP contribution in [0, 0.1) is 5.92 Å². The molecule has 1 fully saturated rings. The van der Waals surface area contributed by atoms with Crippen LogP contribution in [0.5, 0.6) is 0 Å². The highest BCUT2D eigenvalue weighted by Gasteiger charge is 2.28. The van der Waals surface area contributed by atoms with Gasteiger partial charge in [-0.15, -0.1) is 0 Å². The lowest BCUT2D eigenvalue weighted by molar-refractivity contribution is -0.143. The van der Waals surface area contributed by atoms with Crippen molar-refractivity contribution in [2.75, 3.05) is 13.7 Å². The lowest BCUT2D eigenvalue weighted by atomic mass is 9.85. The van der Waals surface area contributed by atoms with Crippen molar-refractivity contribution in [3.8, 4) is 0 Å². The van der Waals surface area contributed by atoms with Crippen LogP contribution in [0.3, 0.4) is 0 Å². The van der Waals surface area contributed by atoms with Crippen LogP contribution in [0.25, 0.3) is 0 Å². The first-order chi connectivity index (χ1) is 8.56. The number of aliphatic carboxylic acids is 1. The third-order valence-corrected chi connectivity index (χ3v) is 3.40. The summed E-state index contributed by atoms with van der Waals surface area (Å²) in [5, 5.41) is 11.8. The Morgan fingerprint density at radius 2 is 2.22 bits per heavy atom. The summed E-state index contributed by atoms with van der Waals surface area (Å²) >= 11 is 0. The fourth-order valence-electron chi connectivity index (χ4n) is 2.30. The number of carbonyl (C=O) groups is 2. The smallest absolute Gasteiger partial charge is 0.306 e. The van der Waals surface area contributed by atoms with Gasteiger partial charge in [0.25, 0.3) is 0 Å². The Hall–Kier alpha value is -1.14. The number of hydrogen-bond donors (Lipinski definition) is 3. The Morgan fingerprint density at radius 1 is 1.50 bits per heavy atom. The summed E-state index contributed by atoms with van der Waals surface area (Å²) in [6.45, 7) is 0.298. The molecule has 1 aliphatic carbocycles. The first kappa shape index (κ1) is 14.9. The molecule has 6 heteroatoms. The molecular formula is C12H22N2O4. The molecule has 0 radical (unpaired) electrons. The van der Waals surface area contributed by atoms with E-state index in [2.05, 4.69) is 5.32 Å². The van der Waals surface area contributed by atoms with E-state index in [1.54, 1.807) is 0 Å². The minimum atomic E-state index is -0.773. The average Bonchev–Trinajstić information content (AvgIpc) is 2.36. The highest BCUT2D eigenvalue weighted by molar-refractivity contribution is 5.77. The molecule has 0 aliphatic heterocycles. The van der Waals surface area contributed by atoms with E-state index in [0.717, 1.165) is 12.8 Å². The van der Waals surface area contributed by atoms with Gasteiger partial charge in [-0.05, 0) is 19.3 Å². The molecule has 0 heterocycles. The van der Waals surface area contributed by atoms with Crippen LogP contribution >= 0.6 is 0 Å². The second kappa shape index (κ2) is 7.33. The first-order valence-electron chi connectivity index (χ1n) is 6.31. The van der Waals surface area contributed by atoms with Crippen LogP contribution < -0.4 is 11.1 Å². The number of nitrogens with two attached hydrogens (primary N) is 1. The molecule has 0 spiro atoms. The maximum Gasteiger partial charge on any atom is 0.306 e. The highest BCUT2D eigenvalue weighted by Crippen LogP contribution is 2.24. The van der Waals surface area contributed by atoms with Gasteiger partial charge < -0.3 is 20.9 Å². The van der Waals surface area contributed by atoms with Crippen molar-refractivity contribution in [3.63, 3.8) is 0 Å². The third-order valence-electron chi connectivity index (χ3n) is 3.40. The largest absolute Gasteiger partial charge is 0.481 e. The molecule has 0 aromatic heterocycles. The number of rotatable bonds is 6. The van der Waals surface area contributed by atoms with Gasteiger partial charge in [-0.1, -0.05) is 6.42 Å². The van der Waals surface area contributed by atoms with Crippen molar-refractivity contribution in [3.05, 3.63) is 0 Å². The quantitative estimate of drug-likeness (QED) is 0.627. The number of amides is 1. The minimum Gasteiger partial charge on any atom is -0.481 e. The van der Waals surface area contributed by atoms with Crippen LogP contribution in [0.2, 0.25) is 0 Å². The van der Waals surface area contributed by atoms with Crippen molar-refractivity contribution >= 4 is 11.9 Å². The van der Waals surface area contributed by atoms with Crippen LogP contribution in [0.4, 0.5) is 0 Å². The number of nitrogens with one attached hydrogen (secondary N) is 1. The highest BCUT2D eigenvalue weighted by atomic mass is 16.5. The van der Waals surface area contributed by atoms with E-state index in [0.29, 0.717) is 19.4 Å². The van der Waals surface area contributed by atoms with Crippen LogP contribution in [0.1, 0.15) is 32.1 Å². The van der Waals surface area contributed by atoms with E-state index in [1.807, 2.05) is 0 Å². The maximum absolute atomic E-state index is 11.7. The molecule has 0 aromatic rings. The van der Waals surface area contributed by atoms with Gasteiger partial charge >= 0.3 is 5.97 Å². The van der Waals surface area contributed by atoms with Gasteiger partial charge in [-0.3, -0.25) is 9.59 Å². The van der Waals surface area contributed by atoms with Crippen LogP contribution in [-0.4, -0.2) is 42.8 Å². The van der Waals surface area contributed by atoms with Gasteiger partial charge in [-0.2, -0.15) is 0 Å². The summed E-state index contributed by atoms with van der Waals surface area (Å²) in [5.74, 6) is -1.23. The molecule has 18 heavy (non-hydrogen) atoms. The van der Waals surface area contributed by atoms with Crippen molar-refractivity contribution in [1.82, 2.24) is 5.32 Å². The van der Waals surface area contributed by atoms with Gasteiger partial charge in [0.1, 0.15) is 0 Å². The van der Waals surface area contributed by atoms with Crippen LogP contribution in [-0.2, 0) is 14.3 Å². The van der Waals surface area contributed by atoms with Gasteiger partial charge in [-0.25, -0.2) is 0 Å². The SMILES string of the molecule is COC(CN)CC(=O)NC1CCCC(C(=O)O)C1. The predicted molar refractivity (Wildman–Crippen MR) is 66.0 cm³/mol. The van der Waals surface area contributed by atoms with Gasteiger partial charge in [0.05, 0.1) is 18.4 Å². The number of carbonyl (C=O) groups excluding carboxylic acids is 1. The molecular weight excluding hydrogens is 236 g/mol. The molecule has 1 rings (SSSR count). The van der Waals surface area contributed by atoms with E-state index in [-0.39, 0.29) is 30.4 Å². The lowest BCUT2D eigenvalue weighted by Gasteiger charge is -2.27. The van der Waals surface area contributed by atoms with Gasteiger partial charge in [0, 0.05) is 19.7 Å². The molecule has 0 saturated heterocycles. The van der Waals surface area contributed by atoms with E-state index in [1.165, 1.54) is 7.11 Å². The Morgan fingerprint density at radius 3 is 2.78 bits per heavy atom. The fourth-order valence-corrected chi connectivity index (χ4v) is 2.30. The first-order valence-corrected chi connectivity index (χ1v) is 6.31. The monoisotopic (exact) mass is 258 g/mol. The molecule has 4 N–H and O–H groups in total. The Balaban J connectivity index is 2.37. The minimum absolute atomic E-state index is 0.0392. The topological polar surface area (TPSA) is 102 Å². The van der Waals surface area contributed by atoms with Gasteiger partial charge in [0.15, 0.2) is 0 Å². The molecule has 3 atom stereocenters. The number of carboxylic acids is 1. The van der Waals surface area contributed by atoms with E-state index < -0.39 is 5.97 Å². The zero-order chi connectivity index (χ0) is 13.5. The molecule has 104 valence electrons. The van der Waals surface area contributed by atoms with Crippen molar-refractivity contribution < 1.29 is 19.4 Å². The molecule has 1 amide bonds. The average molecular weight is 258 g/mol. The summed E-state index contributed by atoms with van der Waals surface area (Å²) in [6, 6.07) is -0.0392. The third kappa shape index (κ3) is 4.62. The molecule has 3 unspecified atom stereocenters. The second-order valence-corrected chi connectivity index (χ2v) is 4.76. The number of methoxy groups -OCH3 is 1. The zero-order valence-electron chi connectivity index (χ0n) is 10.7. The molecule has 0 bridgehead atoms. The van der Waals surface area contributed by atoms with Gasteiger partial charge in [0.2, 0.25) is 5.91 Å². The maximum atomic E-state index is 11.7. The standard InChI is InChI=1S/C12H22N2O4/c1-18-10(7-13)6-11(15)14-9-4-2-3-8(5-9)12(16)17/h8-10H,2-7,13H2,1H3,(H,14,15)(H,16,17). The molecule has 0 aromatic carbocycles. The zero-order valence-corrected chi connectivity index (χ0v) is 10.7. The van der Waals surface area contributed by atoms with Crippen LogP contribution in [0.15, 0.2) is 0 Å². The number of ether oxygens (including phenoxy) is 1. The van der Waals surface area contributed by atoms with Crippen molar-refractivity contribution in [1.29, 1.82) is 0 Å². The fraction of sp³-hybridized carbons (Fsp3) is 0.833. The molecule has 1 aliphatic rings. The predicted octanol–water partition coefficient (Wildman–Crippen LogP) is 0.110. The van der Waals surface area contributed by atoms with E-state index in [4.69, 9.17) is 15.6 Å². The van der Waals surface area contributed by atoms with Crippen molar-refractivity contribution in [2.24, 2.45) is 11.7 Å². The Labute approximate surface area is 107 Å².